The quantitative estimate of drug-likeness (QED) is 0.313. The molecule has 0 saturated carbocycles. The lowest BCUT2D eigenvalue weighted by atomic mass is 10.1. The van der Waals surface area contributed by atoms with E-state index < -0.39 is 23.6 Å². The Hall–Kier alpha value is -3.40. The van der Waals surface area contributed by atoms with E-state index in [9.17, 15) is 22.8 Å². The first-order valence-electron chi connectivity index (χ1n) is 8.45. The summed E-state index contributed by atoms with van der Waals surface area (Å²) in [6.45, 7) is 0. The summed E-state index contributed by atoms with van der Waals surface area (Å²) in [5.41, 5.74) is 0.153. The molecule has 2 aromatic rings. The first-order valence-corrected chi connectivity index (χ1v) is 9.26. The molecule has 0 aromatic heterocycles. The van der Waals surface area contributed by atoms with Gasteiger partial charge in [-0.25, -0.2) is 4.79 Å². The van der Waals surface area contributed by atoms with Crippen LogP contribution in [0.2, 0.25) is 0 Å². The topological polar surface area (TPSA) is 71.3 Å². The molecule has 3 rings (SSSR count). The lowest BCUT2D eigenvalue weighted by Gasteiger charge is -2.14. The standard InChI is InChI=1S/C20H14F3N3O3S/c1-29-17(27)11-16-18(28)26(15-5-3-2-4-6-15)19(30-16)25-24-12-13-7-9-14(10-8-13)20(21,22)23/h2-12H,1H3/b16-11+,24-12+,25-19-. The van der Waals surface area contributed by atoms with Gasteiger partial charge in [-0.05, 0) is 41.6 Å². The van der Waals surface area contributed by atoms with Gasteiger partial charge in [-0.2, -0.15) is 18.3 Å². The van der Waals surface area contributed by atoms with E-state index in [0.717, 1.165) is 30.0 Å². The second-order valence-corrected chi connectivity index (χ2v) is 6.87. The van der Waals surface area contributed by atoms with Crippen LogP contribution in [0.3, 0.4) is 0 Å². The zero-order chi connectivity index (χ0) is 21.7. The summed E-state index contributed by atoms with van der Waals surface area (Å²) in [6.07, 6.45) is -2.09. The number of anilines is 1. The van der Waals surface area contributed by atoms with Gasteiger partial charge in [-0.3, -0.25) is 9.69 Å². The molecule has 10 heteroatoms. The minimum atomic E-state index is -4.42. The van der Waals surface area contributed by atoms with Gasteiger partial charge < -0.3 is 4.74 Å². The minimum absolute atomic E-state index is 0.106. The third-order valence-electron chi connectivity index (χ3n) is 3.86. The second kappa shape index (κ2) is 8.95. The summed E-state index contributed by atoms with van der Waals surface area (Å²) in [5, 5.41) is 8.09. The third-order valence-corrected chi connectivity index (χ3v) is 4.82. The molecule has 0 atom stereocenters. The van der Waals surface area contributed by atoms with E-state index in [4.69, 9.17) is 0 Å². The molecule has 1 aliphatic rings. The lowest BCUT2D eigenvalue weighted by molar-refractivity contribution is -0.137. The Kier molecular flexibility index (Phi) is 6.36. The normalized spacial score (nSPS) is 17.3. The van der Waals surface area contributed by atoms with Crippen LogP contribution in [0.5, 0.6) is 0 Å². The maximum absolute atomic E-state index is 12.7. The highest BCUT2D eigenvalue weighted by Gasteiger charge is 2.35. The molecule has 154 valence electrons. The van der Waals surface area contributed by atoms with Crippen molar-refractivity contribution in [1.82, 2.24) is 0 Å². The molecule has 1 heterocycles. The zero-order valence-electron chi connectivity index (χ0n) is 15.5. The fourth-order valence-corrected chi connectivity index (χ4v) is 3.31. The van der Waals surface area contributed by atoms with Crippen molar-refractivity contribution in [3.8, 4) is 0 Å². The van der Waals surface area contributed by atoms with Crippen molar-refractivity contribution in [3.05, 3.63) is 76.7 Å². The number of hydrogen-bond donors (Lipinski definition) is 0. The summed E-state index contributed by atoms with van der Waals surface area (Å²) in [6, 6.07) is 13.0. The van der Waals surface area contributed by atoms with Crippen LogP contribution in [0.4, 0.5) is 18.9 Å². The average Bonchev–Trinajstić information content (AvgIpc) is 3.03. The number of carbonyl (C=O) groups is 2. The van der Waals surface area contributed by atoms with Crippen LogP contribution in [0, 0.1) is 0 Å². The van der Waals surface area contributed by atoms with Crippen LogP contribution in [-0.2, 0) is 20.5 Å². The second-order valence-electron chi connectivity index (χ2n) is 5.86. The van der Waals surface area contributed by atoms with E-state index in [0.29, 0.717) is 11.3 Å². The van der Waals surface area contributed by atoms with Crippen LogP contribution in [0.15, 0.2) is 75.8 Å². The van der Waals surface area contributed by atoms with Crippen LogP contribution in [-0.4, -0.2) is 30.4 Å². The first-order chi connectivity index (χ1) is 14.3. The molecule has 0 bridgehead atoms. The summed E-state index contributed by atoms with van der Waals surface area (Å²) in [5.74, 6) is -1.16. The summed E-state index contributed by atoms with van der Waals surface area (Å²) in [7, 11) is 1.20. The molecular formula is C20H14F3N3O3S. The highest BCUT2D eigenvalue weighted by Crippen LogP contribution is 2.35. The Morgan fingerprint density at radius 2 is 1.77 bits per heavy atom. The van der Waals surface area contributed by atoms with Crippen molar-refractivity contribution >= 4 is 40.7 Å². The van der Waals surface area contributed by atoms with Gasteiger partial charge in [-0.15, -0.1) is 5.10 Å². The summed E-state index contributed by atoms with van der Waals surface area (Å²) < 4.78 is 42.5. The number of hydrogen-bond acceptors (Lipinski definition) is 6. The van der Waals surface area contributed by atoms with E-state index in [1.165, 1.54) is 30.4 Å². The number of esters is 1. The minimum Gasteiger partial charge on any atom is -0.466 e. The van der Waals surface area contributed by atoms with Crippen molar-refractivity contribution in [1.29, 1.82) is 0 Å². The van der Waals surface area contributed by atoms with Crippen LogP contribution >= 0.6 is 11.8 Å². The predicted molar refractivity (Wildman–Crippen MR) is 108 cm³/mol. The van der Waals surface area contributed by atoms with Crippen LogP contribution in [0.25, 0.3) is 0 Å². The van der Waals surface area contributed by atoms with Crippen LogP contribution < -0.4 is 4.90 Å². The predicted octanol–water partition coefficient (Wildman–Crippen LogP) is 4.23. The summed E-state index contributed by atoms with van der Waals surface area (Å²) >= 11 is 0.931. The van der Waals surface area contributed by atoms with E-state index in [-0.39, 0.29) is 10.1 Å². The van der Waals surface area contributed by atoms with Gasteiger partial charge in [0.2, 0.25) is 5.17 Å². The average molecular weight is 433 g/mol. The van der Waals surface area contributed by atoms with Crippen LogP contribution in [0.1, 0.15) is 11.1 Å². The molecule has 0 spiro atoms. The molecule has 0 radical (unpaired) electrons. The van der Waals surface area contributed by atoms with Crippen molar-refractivity contribution in [2.24, 2.45) is 10.2 Å². The number of amidine groups is 1. The van der Waals surface area contributed by atoms with Gasteiger partial charge in [0.1, 0.15) is 0 Å². The third kappa shape index (κ3) is 4.95. The van der Waals surface area contributed by atoms with Crippen molar-refractivity contribution in [3.63, 3.8) is 0 Å². The number of amides is 1. The Morgan fingerprint density at radius 3 is 2.37 bits per heavy atom. The maximum atomic E-state index is 12.7. The number of benzene rings is 2. The van der Waals surface area contributed by atoms with E-state index >= 15 is 0 Å². The molecule has 6 nitrogen and oxygen atoms in total. The largest absolute Gasteiger partial charge is 0.466 e. The highest BCUT2D eigenvalue weighted by molar-refractivity contribution is 8.19. The highest BCUT2D eigenvalue weighted by atomic mass is 32.2. The summed E-state index contributed by atoms with van der Waals surface area (Å²) in [4.78, 5) is 25.6. The smallest absolute Gasteiger partial charge is 0.416 e. The van der Waals surface area contributed by atoms with Gasteiger partial charge in [0.05, 0.1) is 29.5 Å². The molecule has 1 aliphatic heterocycles. The maximum Gasteiger partial charge on any atom is 0.416 e. The molecular weight excluding hydrogens is 419 g/mol. The van der Waals surface area contributed by atoms with E-state index in [2.05, 4.69) is 14.9 Å². The van der Waals surface area contributed by atoms with E-state index in [1.807, 2.05) is 0 Å². The van der Waals surface area contributed by atoms with Crippen molar-refractivity contribution in [2.75, 3.05) is 12.0 Å². The molecule has 0 unspecified atom stereocenters. The van der Waals surface area contributed by atoms with Gasteiger partial charge in [0, 0.05) is 6.08 Å². The fourth-order valence-electron chi connectivity index (χ4n) is 2.41. The number of halogens is 3. The van der Waals surface area contributed by atoms with Gasteiger partial charge >= 0.3 is 12.1 Å². The Bertz CT molecular complexity index is 1030. The SMILES string of the molecule is COC(=O)/C=C1/S/C(=N\N=C\c2ccc(C(F)(F)F)cc2)N(c2ccccc2)C1=O. The van der Waals surface area contributed by atoms with Gasteiger partial charge in [0.15, 0.2) is 0 Å². The number of rotatable bonds is 4. The van der Waals surface area contributed by atoms with Gasteiger partial charge in [-0.1, -0.05) is 30.3 Å². The number of nitrogens with zero attached hydrogens (tertiary/aromatic N) is 3. The van der Waals surface area contributed by atoms with Crippen molar-refractivity contribution < 1.29 is 27.5 Å². The number of alkyl halides is 3. The first kappa shape index (κ1) is 21.3. The molecule has 2 aromatic carbocycles. The molecule has 30 heavy (non-hydrogen) atoms. The molecule has 1 amide bonds. The number of ether oxygens (including phenoxy) is 1. The van der Waals surface area contributed by atoms with Gasteiger partial charge in [0.25, 0.3) is 5.91 Å². The monoisotopic (exact) mass is 433 g/mol. The number of carbonyl (C=O) groups excluding carboxylic acids is 2. The molecule has 0 N–H and O–H groups in total. The molecule has 1 saturated heterocycles. The Morgan fingerprint density at radius 1 is 1.10 bits per heavy atom. The molecule has 1 fully saturated rings. The Labute approximate surface area is 173 Å². The number of thioether (sulfide) groups is 1. The zero-order valence-corrected chi connectivity index (χ0v) is 16.3. The lowest BCUT2D eigenvalue weighted by Crippen LogP contribution is -2.28. The van der Waals surface area contributed by atoms with E-state index in [1.54, 1.807) is 30.3 Å². The number of para-hydroxylation sites is 1. The number of methoxy groups -OCH3 is 1. The molecule has 0 aliphatic carbocycles. The Balaban J connectivity index is 1.88. The van der Waals surface area contributed by atoms with Crippen molar-refractivity contribution in [2.45, 2.75) is 6.18 Å². The fraction of sp³-hybridized carbons (Fsp3) is 0.100.